The van der Waals surface area contributed by atoms with Crippen LogP contribution in [0.15, 0.2) is 65.7 Å². The molecule has 4 aromatic rings. The Morgan fingerprint density at radius 1 is 0.923 bits per heavy atom. The zero-order valence-electron chi connectivity index (χ0n) is 14.9. The molecule has 0 aliphatic heterocycles. The van der Waals surface area contributed by atoms with Crippen LogP contribution in [0.1, 0.15) is 5.69 Å². The Labute approximate surface area is 153 Å². The number of nitrogens with zero attached hydrogens (tertiary/aromatic N) is 1. The van der Waals surface area contributed by atoms with Crippen molar-refractivity contribution in [3.8, 4) is 22.4 Å². The lowest BCUT2D eigenvalue weighted by atomic mass is 10.0. The van der Waals surface area contributed by atoms with Gasteiger partial charge < -0.3 is 9.55 Å². The molecule has 26 heavy (non-hydrogen) atoms. The highest BCUT2D eigenvalue weighted by Crippen LogP contribution is 2.34. The minimum Gasteiger partial charge on any atom is -0.358 e. The third kappa shape index (κ3) is 2.84. The summed E-state index contributed by atoms with van der Waals surface area (Å²) in [5.41, 5.74) is 6.47. The van der Waals surface area contributed by atoms with E-state index in [0.717, 1.165) is 28.1 Å². The average Bonchev–Trinajstić information content (AvgIpc) is 3.17. The van der Waals surface area contributed by atoms with Gasteiger partial charge in [-0.25, -0.2) is 8.42 Å². The van der Waals surface area contributed by atoms with E-state index in [2.05, 4.69) is 46.1 Å². The first-order chi connectivity index (χ1) is 12.3. The molecule has 2 heterocycles. The predicted molar refractivity (Wildman–Crippen MR) is 106 cm³/mol. The van der Waals surface area contributed by atoms with Crippen LogP contribution in [0, 0.1) is 6.92 Å². The molecule has 2 aromatic carbocycles. The van der Waals surface area contributed by atoms with Crippen LogP contribution in [-0.4, -0.2) is 24.2 Å². The molecule has 0 fully saturated rings. The predicted octanol–water partition coefficient (Wildman–Crippen LogP) is 4.55. The molecule has 1 N–H and O–H groups in total. The number of H-pyrrole nitrogens is 1. The van der Waals surface area contributed by atoms with Crippen LogP contribution in [0.3, 0.4) is 0 Å². The van der Waals surface area contributed by atoms with Crippen molar-refractivity contribution in [1.29, 1.82) is 0 Å². The minimum atomic E-state index is -3.19. The van der Waals surface area contributed by atoms with Crippen molar-refractivity contribution in [2.45, 2.75) is 11.8 Å². The van der Waals surface area contributed by atoms with E-state index in [1.54, 1.807) is 12.1 Å². The summed E-state index contributed by atoms with van der Waals surface area (Å²) in [6, 6.07) is 17.7. The van der Waals surface area contributed by atoms with E-state index < -0.39 is 9.84 Å². The van der Waals surface area contributed by atoms with Crippen LogP contribution < -0.4 is 0 Å². The fourth-order valence-electron chi connectivity index (χ4n) is 3.36. The minimum absolute atomic E-state index is 0.330. The number of benzene rings is 2. The van der Waals surface area contributed by atoms with E-state index in [-0.39, 0.29) is 0 Å². The van der Waals surface area contributed by atoms with Gasteiger partial charge in [0.2, 0.25) is 0 Å². The quantitative estimate of drug-likeness (QED) is 0.580. The average molecular weight is 364 g/mol. The molecule has 2 aromatic heterocycles. The number of fused-ring (bicyclic) bond motifs is 1. The van der Waals surface area contributed by atoms with Gasteiger partial charge in [0.1, 0.15) is 0 Å². The molecule has 0 saturated heterocycles. The molecule has 0 amide bonds. The molecule has 0 unspecified atom stereocenters. The number of rotatable bonds is 3. The normalized spacial score (nSPS) is 12.0. The Bertz CT molecular complexity index is 1210. The van der Waals surface area contributed by atoms with Gasteiger partial charge in [0.15, 0.2) is 9.84 Å². The third-order valence-corrected chi connectivity index (χ3v) is 5.85. The van der Waals surface area contributed by atoms with E-state index in [1.165, 1.54) is 17.2 Å². The van der Waals surface area contributed by atoms with Gasteiger partial charge in [-0.1, -0.05) is 18.2 Å². The molecular formula is C21H20N2O2S. The van der Waals surface area contributed by atoms with Crippen molar-refractivity contribution in [3.05, 3.63) is 66.5 Å². The second-order valence-corrected chi connectivity index (χ2v) is 8.75. The Morgan fingerprint density at radius 3 is 2.31 bits per heavy atom. The first-order valence-corrected chi connectivity index (χ1v) is 10.3. The van der Waals surface area contributed by atoms with Crippen molar-refractivity contribution < 1.29 is 8.42 Å². The zero-order valence-corrected chi connectivity index (χ0v) is 15.8. The van der Waals surface area contributed by atoms with E-state index in [4.69, 9.17) is 0 Å². The first-order valence-electron chi connectivity index (χ1n) is 8.38. The topological polar surface area (TPSA) is 54.9 Å². The molecule has 132 valence electrons. The van der Waals surface area contributed by atoms with Gasteiger partial charge in [-0.2, -0.15) is 0 Å². The summed E-state index contributed by atoms with van der Waals surface area (Å²) in [4.78, 5) is 3.75. The van der Waals surface area contributed by atoms with Gasteiger partial charge in [0.25, 0.3) is 0 Å². The lowest BCUT2D eigenvalue weighted by Crippen LogP contribution is -1.96. The van der Waals surface area contributed by atoms with E-state index >= 15 is 0 Å². The van der Waals surface area contributed by atoms with E-state index in [0.29, 0.717) is 4.90 Å². The molecule has 4 rings (SSSR count). The highest BCUT2D eigenvalue weighted by atomic mass is 32.2. The molecule has 0 saturated carbocycles. The SMILES string of the molecule is Cc1cc(-c2ccc3c(ccn3C)c2)c(-c2ccc(S(C)(=O)=O)cc2)[nH]1. The molecule has 0 spiro atoms. The molecule has 4 nitrogen and oxygen atoms in total. The maximum atomic E-state index is 11.7. The number of sulfone groups is 1. The van der Waals surface area contributed by atoms with Crippen LogP contribution in [-0.2, 0) is 16.9 Å². The van der Waals surface area contributed by atoms with Crippen LogP contribution in [0.2, 0.25) is 0 Å². The van der Waals surface area contributed by atoms with Crippen LogP contribution in [0.4, 0.5) is 0 Å². The fraction of sp³-hybridized carbons (Fsp3) is 0.143. The molecular weight excluding hydrogens is 344 g/mol. The first kappa shape index (κ1) is 16.7. The Balaban J connectivity index is 1.83. The summed E-state index contributed by atoms with van der Waals surface area (Å²) in [5, 5.41) is 1.20. The van der Waals surface area contributed by atoms with Crippen LogP contribution in [0.5, 0.6) is 0 Å². The van der Waals surface area contributed by atoms with Crippen molar-refractivity contribution in [3.63, 3.8) is 0 Å². The summed E-state index contributed by atoms with van der Waals surface area (Å²) in [6.07, 6.45) is 3.28. The standard InChI is InChI=1S/C21H20N2O2S/c1-14-12-19(16-6-9-20-17(13-16)10-11-23(20)2)21(22-14)15-4-7-18(8-5-15)26(3,24)25/h4-13,22H,1-3H3. The molecule has 0 bridgehead atoms. The number of aromatic amines is 1. The van der Waals surface area contributed by atoms with E-state index in [1.807, 2.05) is 26.1 Å². The van der Waals surface area contributed by atoms with Gasteiger partial charge in [-0.3, -0.25) is 0 Å². The molecule has 5 heteroatoms. The van der Waals surface area contributed by atoms with Crippen LogP contribution >= 0.6 is 0 Å². The summed E-state index contributed by atoms with van der Waals surface area (Å²) in [5.74, 6) is 0. The zero-order chi connectivity index (χ0) is 18.5. The number of hydrogen-bond donors (Lipinski definition) is 1. The van der Waals surface area contributed by atoms with Crippen molar-refractivity contribution >= 4 is 20.7 Å². The maximum absolute atomic E-state index is 11.7. The summed E-state index contributed by atoms with van der Waals surface area (Å²) >= 11 is 0. The van der Waals surface area contributed by atoms with Gasteiger partial charge in [0, 0.05) is 41.7 Å². The van der Waals surface area contributed by atoms with Crippen LogP contribution in [0.25, 0.3) is 33.3 Å². The smallest absolute Gasteiger partial charge is 0.175 e. The monoisotopic (exact) mass is 364 g/mol. The maximum Gasteiger partial charge on any atom is 0.175 e. The summed E-state index contributed by atoms with van der Waals surface area (Å²) in [7, 11) is -1.15. The van der Waals surface area contributed by atoms with Gasteiger partial charge in [-0.05, 0) is 54.4 Å². The molecule has 0 aliphatic rings. The van der Waals surface area contributed by atoms with Gasteiger partial charge in [-0.15, -0.1) is 0 Å². The van der Waals surface area contributed by atoms with Crippen molar-refractivity contribution in [1.82, 2.24) is 9.55 Å². The molecule has 0 aliphatic carbocycles. The Kier molecular flexibility index (Phi) is 3.77. The van der Waals surface area contributed by atoms with Crippen molar-refractivity contribution in [2.24, 2.45) is 7.05 Å². The van der Waals surface area contributed by atoms with Gasteiger partial charge in [0.05, 0.1) is 10.6 Å². The fourth-order valence-corrected chi connectivity index (χ4v) is 3.99. The summed E-state index contributed by atoms with van der Waals surface area (Å²) < 4.78 is 25.5. The second kappa shape index (κ2) is 5.88. The third-order valence-electron chi connectivity index (χ3n) is 4.72. The Morgan fingerprint density at radius 2 is 1.62 bits per heavy atom. The van der Waals surface area contributed by atoms with Gasteiger partial charge >= 0.3 is 0 Å². The highest BCUT2D eigenvalue weighted by Gasteiger charge is 2.13. The Hall–Kier alpha value is -2.79. The summed E-state index contributed by atoms with van der Waals surface area (Å²) in [6.45, 7) is 2.03. The number of aryl methyl sites for hydroxylation is 2. The molecule has 0 atom stereocenters. The highest BCUT2D eigenvalue weighted by molar-refractivity contribution is 7.90. The lowest BCUT2D eigenvalue weighted by Gasteiger charge is -2.07. The molecule has 0 radical (unpaired) electrons. The number of aromatic nitrogens is 2. The lowest BCUT2D eigenvalue weighted by molar-refractivity contribution is 0.602. The van der Waals surface area contributed by atoms with Crippen molar-refractivity contribution in [2.75, 3.05) is 6.26 Å². The number of nitrogens with one attached hydrogen (secondary N) is 1. The van der Waals surface area contributed by atoms with E-state index in [9.17, 15) is 8.42 Å². The number of hydrogen-bond acceptors (Lipinski definition) is 2. The second-order valence-electron chi connectivity index (χ2n) is 6.74. The largest absolute Gasteiger partial charge is 0.358 e.